The molecule has 0 fully saturated rings. The van der Waals surface area contributed by atoms with Crippen molar-refractivity contribution < 1.29 is 14.3 Å². The van der Waals surface area contributed by atoms with Crippen molar-refractivity contribution >= 4 is 61.3 Å². The van der Waals surface area contributed by atoms with Crippen molar-refractivity contribution in [2.24, 2.45) is 0 Å². The fourth-order valence-corrected chi connectivity index (χ4v) is 4.54. The van der Waals surface area contributed by atoms with Crippen LogP contribution in [-0.2, 0) is 4.79 Å². The van der Waals surface area contributed by atoms with Crippen LogP contribution >= 0.6 is 38.6 Å². The molecule has 7 nitrogen and oxygen atoms in total. The van der Waals surface area contributed by atoms with Gasteiger partial charge in [0.2, 0.25) is 0 Å². The van der Waals surface area contributed by atoms with Gasteiger partial charge in [-0.05, 0) is 35.9 Å². The number of nitrogens with one attached hydrogen (secondary N) is 1. The molecule has 2 aromatic heterocycles. The average molecular weight is 553 g/mol. The number of hydrogen-bond donors (Lipinski definition) is 1. The Kier molecular flexibility index (Phi) is 7.69. The lowest BCUT2D eigenvalue weighted by Gasteiger charge is -2.11. The number of ether oxygens (including phenoxy) is 2. The van der Waals surface area contributed by atoms with Crippen molar-refractivity contribution in [3.63, 3.8) is 0 Å². The molecule has 0 aliphatic rings. The maximum atomic E-state index is 12.0. The first kappa shape index (κ1) is 23.6. The summed E-state index contributed by atoms with van der Waals surface area (Å²) < 4.78 is 12.0. The van der Waals surface area contributed by atoms with Crippen LogP contribution in [0.4, 0.5) is 5.13 Å². The van der Waals surface area contributed by atoms with Gasteiger partial charge in [0.05, 0.1) is 18.4 Å². The van der Waals surface area contributed by atoms with E-state index in [4.69, 9.17) is 9.47 Å². The summed E-state index contributed by atoms with van der Waals surface area (Å²) in [7, 11) is 1.52. The number of allylic oxidation sites excluding steroid dienone is 1. The number of rotatable bonds is 8. The van der Waals surface area contributed by atoms with Crippen molar-refractivity contribution in [3.8, 4) is 28.8 Å². The minimum Gasteiger partial charge on any atom is -0.493 e. The standard InChI is InChI=1S/C24H17BrN4O3S2/c1-31-21-11-15(2-7-20(21)32-13-22(30)29-24-27-8-9-33-24)10-17(12-26)23-28-19(14-34-23)16-3-5-18(25)6-4-16/h2-11,14H,13H2,1H3,(H,27,29,30)/b17-10+. The highest BCUT2D eigenvalue weighted by Gasteiger charge is 2.12. The van der Waals surface area contributed by atoms with E-state index in [0.29, 0.717) is 27.2 Å². The van der Waals surface area contributed by atoms with Gasteiger partial charge in [0.25, 0.3) is 5.91 Å². The number of thiazole rings is 2. The van der Waals surface area contributed by atoms with Crippen molar-refractivity contribution in [3.05, 3.63) is 74.5 Å². The number of halogens is 1. The molecule has 170 valence electrons. The van der Waals surface area contributed by atoms with Gasteiger partial charge in [-0.3, -0.25) is 10.1 Å². The number of aromatic nitrogens is 2. The van der Waals surface area contributed by atoms with Crippen LogP contribution in [0.15, 0.2) is 63.9 Å². The maximum absolute atomic E-state index is 12.0. The number of amides is 1. The molecule has 1 N–H and O–H groups in total. The number of anilines is 1. The van der Waals surface area contributed by atoms with E-state index < -0.39 is 0 Å². The number of nitrogens with zero attached hydrogens (tertiary/aromatic N) is 3. The molecule has 0 radical (unpaired) electrons. The van der Waals surface area contributed by atoms with Crippen molar-refractivity contribution in [2.75, 3.05) is 19.0 Å². The number of methoxy groups -OCH3 is 1. The molecule has 10 heteroatoms. The van der Waals surface area contributed by atoms with Crippen molar-refractivity contribution in [1.82, 2.24) is 9.97 Å². The first-order valence-electron chi connectivity index (χ1n) is 9.89. The number of carbonyl (C=O) groups excluding carboxylic acids is 1. The van der Waals surface area contributed by atoms with Gasteiger partial charge >= 0.3 is 0 Å². The predicted octanol–water partition coefficient (Wildman–Crippen LogP) is 6.12. The van der Waals surface area contributed by atoms with Gasteiger partial charge in [0.15, 0.2) is 23.2 Å². The van der Waals surface area contributed by atoms with Crippen LogP contribution in [0.1, 0.15) is 10.6 Å². The number of hydrogen-bond acceptors (Lipinski definition) is 8. The fraction of sp³-hybridized carbons (Fsp3) is 0.0833. The van der Waals surface area contributed by atoms with Crippen LogP contribution in [0.3, 0.4) is 0 Å². The minimum absolute atomic E-state index is 0.188. The van der Waals surface area contributed by atoms with Crippen LogP contribution in [0.5, 0.6) is 11.5 Å². The molecular weight excluding hydrogens is 536 g/mol. The lowest BCUT2D eigenvalue weighted by atomic mass is 10.1. The Morgan fingerprint density at radius 3 is 2.74 bits per heavy atom. The molecular formula is C24H17BrN4O3S2. The van der Waals surface area contributed by atoms with Crippen LogP contribution in [0, 0.1) is 11.3 Å². The first-order chi connectivity index (χ1) is 16.6. The Morgan fingerprint density at radius 1 is 1.21 bits per heavy atom. The summed E-state index contributed by atoms with van der Waals surface area (Å²) in [4.78, 5) is 20.7. The molecule has 2 aromatic carbocycles. The zero-order valence-electron chi connectivity index (χ0n) is 17.8. The van der Waals surface area contributed by atoms with Gasteiger partial charge in [-0.25, -0.2) is 9.97 Å². The van der Waals surface area contributed by atoms with Crippen LogP contribution in [0.25, 0.3) is 22.9 Å². The summed E-state index contributed by atoms with van der Waals surface area (Å²) in [6.45, 7) is -0.188. The number of nitriles is 1. The topological polar surface area (TPSA) is 97.1 Å². The Balaban J connectivity index is 1.48. The van der Waals surface area contributed by atoms with E-state index >= 15 is 0 Å². The van der Waals surface area contributed by atoms with E-state index in [0.717, 1.165) is 21.3 Å². The van der Waals surface area contributed by atoms with E-state index in [2.05, 4.69) is 37.3 Å². The molecule has 0 atom stereocenters. The SMILES string of the molecule is COc1cc(/C=C(\C#N)c2nc(-c3ccc(Br)cc3)cs2)ccc1OCC(=O)Nc1nccs1. The molecule has 0 aliphatic carbocycles. The van der Waals surface area contributed by atoms with Gasteiger partial charge in [0, 0.05) is 27.0 Å². The molecule has 0 saturated heterocycles. The summed E-state index contributed by atoms with van der Waals surface area (Å²) in [6, 6.07) is 15.3. The lowest BCUT2D eigenvalue weighted by molar-refractivity contribution is -0.118. The molecule has 4 rings (SSSR count). The summed E-state index contributed by atoms with van der Waals surface area (Å²) in [5.41, 5.74) is 2.97. The fourth-order valence-electron chi connectivity index (χ4n) is 2.94. The second kappa shape index (κ2) is 11.1. The number of benzene rings is 2. The second-order valence-corrected chi connectivity index (χ2v) is 9.47. The molecule has 4 aromatic rings. The normalized spacial score (nSPS) is 11.0. The summed E-state index contributed by atoms with van der Waals surface area (Å²) in [5.74, 6) is 0.542. The van der Waals surface area contributed by atoms with Gasteiger partial charge in [-0.15, -0.1) is 22.7 Å². The Morgan fingerprint density at radius 2 is 2.03 bits per heavy atom. The molecule has 1 amide bonds. The minimum atomic E-state index is -0.321. The highest BCUT2D eigenvalue weighted by Crippen LogP contribution is 2.31. The monoisotopic (exact) mass is 552 g/mol. The Hall–Kier alpha value is -3.52. The lowest BCUT2D eigenvalue weighted by Crippen LogP contribution is -2.20. The molecule has 0 bridgehead atoms. The second-order valence-electron chi connectivity index (χ2n) is 6.80. The third kappa shape index (κ3) is 5.88. The molecule has 0 saturated carbocycles. The van der Waals surface area contributed by atoms with Crippen LogP contribution in [-0.4, -0.2) is 29.6 Å². The molecule has 0 spiro atoms. The zero-order chi connectivity index (χ0) is 23.9. The largest absolute Gasteiger partial charge is 0.493 e. The smallest absolute Gasteiger partial charge is 0.264 e. The van der Waals surface area contributed by atoms with Crippen molar-refractivity contribution in [1.29, 1.82) is 5.26 Å². The predicted molar refractivity (Wildman–Crippen MR) is 138 cm³/mol. The van der Waals surface area contributed by atoms with Crippen LogP contribution < -0.4 is 14.8 Å². The Bertz CT molecular complexity index is 1360. The molecule has 34 heavy (non-hydrogen) atoms. The summed E-state index contributed by atoms with van der Waals surface area (Å²) in [6.07, 6.45) is 3.35. The third-order valence-electron chi connectivity index (χ3n) is 4.53. The zero-order valence-corrected chi connectivity index (χ0v) is 21.0. The van der Waals surface area contributed by atoms with E-state index in [9.17, 15) is 10.1 Å². The van der Waals surface area contributed by atoms with E-state index in [1.165, 1.54) is 29.8 Å². The third-order valence-corrected chi connectivity index (χ3v) is 6.62. The molecule has 2 heterocycles. The van der Waals surface area contributed by atoms with E-state index in [1.807, 2.05) is 29.6 Å². The van der Waals surface area contributed by atoms with Crippen LogP contribution in [0.2, 0.25) is 0 Å². The van der Waals surface area contributed by atoms with Gasteiger partial charge in [-0.2, -0.15) is 5.26 Å². The summed E-state index contributed by atoms with van der Waals surface area (Å²) >= 11 is 6.16. The van der Waals surface area contributed by atoms with Gasteiger partial charge < -0.3 is 9.47 Å². The molecule has 0 aliphatic heterocycles. The van der Waals surface area contributed by atoms with E-state index in [-0.39, 0.29) is 12.5 Å². The quantitative estimate of drug-likeness (QED) is 0.264. The number of carbonyl (C=O) groups is 1. The van der Waals surface area contributed by atoms with Gasteiger partial charge in [-0.1, -0.05) is 34.1 Å². The van der Waals surface area contributed by atoms with Gasteiger partial charge in [0.1, 0.15) is 11.1 Å². The maximum Gasteiger partial charge on any atom is 0.264 e. The summed E-state index contributed by atoms with van der Waals surface area (Å²) in [5, 5.41) is 17.2. The molecule has 0 unspecified atom stereocenters. The average Bonchev–Trinajstić information content (AvgIpc) is 3.54. The Labute approximate surface area is 212 Å². The van der Waals surface area contributed by atoms with E-state index in [1.54, 1.807) is 35.9 Å². The van der Waals surface area contributed by atoms with Crippen molar-refractivity contribution in [2.45, 2.75) is 0 Å². The highest BCUT2D eigenvalue weighted by atomic mass is 79.9. The first-order valence-corrected chi connectivity index (χ1v) is 12.4. The highest BCUT2D eigenvalue weighted by molar-refractivity contribution is 9.10.